The number of amides is 1. The van der Waals surface area contributed by atoms with Gasteiger partial charge in [-0.25, -0.2) is 4.68 Å². The van der Waals surface area contributed by atoms with Gasteiger partial charge >= 0.3 is 0 Å². The number of nitrogens with zero attached hydrogens (tertiary/aromatic N) is 2. The summed E-state index contributed by atoms with van der Waals surface area (Å²) in [4.78, 5) is 12.5. The van der Waals surface area contributed by atoms with Gasteiger partial charge in [-0.1, -0.05) is 57.0 Å². The van der Waals surface area contributed by atoms with Crippen molar-refractivity contribution in [2.24, 2.45) is 5.92 Å². The molecule has 4 atom stereocenters. The van der Waals surface area contributed by atoms with E-state index in [-0.39, 0.29) is 18.1 Å². The monoisotopic (exact) mass is 446 g/mol. The van der Waals surface area contributed by atoms with Crippen LogP contribution in [0.1, 0.15) is 66.8 Å². The first kappa shape index (κ1) is 23.3. The highest BCUT2D eigenvalue weighted by atomic mass is 16.5. The van der Waals surface area contributed by atoms with Crippen molar-refractivity contribution in [2.45, 2.75) is 64.5 Å². The van der Waals surface area contributed by atoms with Crippen molar-refractivity contribution in [1.29, 1.82) is 0 Å². The summed E-state index contributed by atoms with van der Waals surface area (Å²) in [6.07, 6.45) is 8.30. The number of allylic oxidation sites excluding steroid dienone is 1. The van der Waals surface area contributed by atoms with E-state index in [4.69, 9.17) is 4.74 Å². The molecule has 4 rings (SSSR count). The van der Waals surface area contributed by atoms with E-state index < -0.39 is 0 Å². The molecule has 0 saturated carbocycles. The van der Waals surface area contributed by atoms with Crippen molar-refractivity contribution in [3.05, 3.63) is 58.9 Å². The van der Waals surface area contributed by atoms with E-state index in [1.807, 2.05) is 16.9 Å². The number of rotatable bonds is 5. The number of nitrogens with one attached hydrogen (secondary N) is 2. The van der Waals surface area contributed by atoms with Crippen molar-refractivity contribution in [3.8, 4) is 12.0 Å². The molecule has 2 N–H and O–H groups in total. The molecule has 1 amide bonds. The molecule has 3 heterocycles. The average Bonchev–Trinajstić information content (AvgIpc) is 3.22. The molecule has 1 fully saturated rings. The molecule has 6 nitrogen and oxygen atoms in total. The predicted molar refractivity (Wildman–Crippen MR) is 131 cm³/mol. The van der Waals surface area contributed by atoms with Crippen LogP contribution in [0.25, 0.3) is 6.20 Å². The number of hydrogen-bond acceptors (Lipinski definition) is 4. The predicted octanol–water partition coefficient (Wildman–Crippen LogP) is 3.74. The number of aryl methyl sites for hydroxylation is 2. The van der Waals surface area contributed by atoms with Crippen molar-refractivity contribution < 1.29 is 9.53 Å². The third kappa shape index (κ3) is 5.73. The zero-order chi connectivity index (χ0) is 23.2. The van der Waals surface area contributed by atoms with Crippen molar-refractivity contribution >= 4 is 12.1 Å². The van der Waals surface area contributed by atoms with Crippen LogP contribution in [-0.2, 0) is 17.6 Å². The van der Waals surface area contributed by atoms with Gasteiger partial charge in [-0.2, -0.15) is 5.10 Å². The first-order valence-corrected chi connectivity index (χ1v) is 12.0. The van der Waals surface area contributed by atoms with Crippen LogP contribution in [0.2, 0.25) is 0 Å². The first-order chi connectivity index (χ1) is 16.0. The Balaban J connectivity index is 1.25. The molecule has 2 aliphatic rings. The highest BCUT2D eigenvalue weighted by Crippen LogP contribution is 2.30. The second kappa shape index (κ2) is 10.8. The van der Waals surface area contributed by atoms with E-state index in [1.165, 1.54) is 11.1 Å². The highest BCUT2D eigenvalue weighted by molar-refractivity contribution is 5.93. The fraction of sp³-hybridized carbons (Fsp3) is 0.481. The van der Waals surface area contributed by atoms with Crippen LogP contribution in [0, 0.1) is 17.9 Å². The second-order valence-electron chi connectivity index (χ2n) is 9.09. The third-order valence-corrected chi connectivity index (χ3v) is 6.82. The molecule has 1 saturated heterocycles. The number of hydrogen-bond donors (Lipinski definition) is 2. The van der Waals surface area contributed by atoms with Gasteiger partial charge in [0.25, 0.3) is 5.91 Å². The van der Waals surface area contributed by atoms with Crippen molar-refractivity contribution in [1.82, 2.24) is 20.4 Å². The Bertz CT molecular complexity index is 1050. The standard InChI is InChI=1S/C27H34N4O2/c1-4-21-9-5-6-10-22(21)11-12-24-17-29-23(18-33-24)13-14-28-27(32)25-16-26-20(3)19(2)8-7-15-31(26)30-25/h5-7,9-10,15-16,19-20,23-24,29H,4,8,11-12,17-18H2,1-3H3,(H,28,32). The lowest BCUT2D eigenvalue weighted by Gasteiger charge is -2.27. The number of aromatic nitrogens is 2. The highest BCUT2D eigenvalue weighted by Gasteiger charge is 2.23. The van der Waals surface area contributed by atoms with Gasteiger partial charge in [0, 0.05) is 30.4 Å². The molecule has 0 spiro atoms. The Morgan fingerprint density at radius 1 is 1.30 bits per heavy atom. The van der Waals surface area contributed by atoms with Gasteiger partial charge in [-0.05, 0) is 48.8 Å². The summed E-state index contributed by atoms with van der Waals surface area (Å²) >= 11 is 0. The minimum atomic E-state index is -0.277. The van der Waals surface area contributed by atoms with E-state index >= 15 is 0 Å². The number of carbonyl (C=O) groups excluding carboxylic acids is 1. The van der Waals surface area contributed by atoms with Gasteiger partial charge in [0.15, 0.2) is 5.69 Å². The molecule has 0 bridgehead atoms. The molecule has 1 aromatic carbocycles. The summed E-state index contributed by atoms with van der Waals surface area (Å²) in [6.45, 7) is 7.87. The summed E-state index contributed by atoms with van der Waals surface area (Å²) < 4.78 is 7.83. The van der Waals surface area contributed by atoms with Gasteiger partial charge < -0.3 is 4.74 Å². The summed E-state index contributed by atoms with van der Waals surface area (Å²) in [5.74, 6) is 3.63. The van der Waals surface area contributed by atoms with Crippen LogP contribution in [0.3, 0.4) is 0 Å². The van der Waals surface area contributed by atoms with Gasteiger partial charge in [0.2, 0.25) is 0 Å². The minimum Gasteiger partial charge on any atom is -0.374 e. The smallest absolute Gasteiger partial charge is 0.283 e. The quantitative estimate of drug-likeness (QED) is 0.542. The first-order valence-electron chi connectivity index (χ1n) is 12.0. The van der Waals surface area contributed by atoms with Gasteiger partial charge in [-0.3, -0.25) is 15.4 Å². The van der Waals surface area contributed by atoms with Crippen molar-refractivity contribution in [2.75, 3.05) is 13.2 Å². The average molecular weight is 447 g/mol. The van der Waals surface area contributed by atoms with Crippen LogP contribution in [0.4, 0.5) is 0 Å². The van der Waals surface area contributed by atoms with Crippen LogP contribution in [0.15, 0.2) is 36.4 Å². The number of carbonyl (C=O) groups is 1. The van der Waals surface area contributed by atoms with E-state index in [0.717, 1.165) is 37.9 Å². The van der Waals surface area contributed by atoms with E-state index in [2.05, 4.69) is 78.8 Å². The lowest BCUT2D eigenvalue weighted by molar-refractivity contribution is 0.0113. The van der Waals surface area contributed by atoms with Gasteiger partial charge in [0.05, 0.1) is 18.8 Å². The van der Waals surface area contributed by atoms with Gasteiger partial charge in [0.1, 0.15) is 0 Å². The Morgan fingerprint density at radius 3 is 2.88 bits per heavy atom. The van der Waals surface area contributed by atoms with Crippen molar-refractivity contribution in [3.63, 3.8) is 0 Å². The topological polar surface area (TPSA) is 68.2 Å². The number of morpholine rings is 1. The molecule has 0 radical (unpaired) electrons. The third-order valence-electron chi connectivity index (χ3n) is 6.82. The summed E-state index contributed by atoms with van der Waals surface area (Å²) in [7, 11) is 0. The van der Waals surface area contributed by atoms with Crippen LogP contribution in [0.5, 0.6) is 0 Å². The maximum absolute atomic E-state index is 12.5. The lowest BCUT2D eigenvalue weighted by atomic mass is 9.91. The molecule has 0 aliphatic carbocycles. The zero-order valence-corrected chi connectivity index (χ0v) is 19.8. The maximum Gasteiger partial charge on any atom is 0.283 e. The molecule has 174 valence electrons. The maximum atomic E-state index is 12.5. The fourth-order valence-electron chi connectivity index (χ4n) is 4.46. The van der Waals surface area contributed by atoms with E-state index in [9.17, 15) is 4.79 Å². The molecular weight excluding hydrogens is 412 g/mol. The largest absolute Gasteiger partial charge is 0.374 e. The Labute approximate surface area is 196 Å². The molecule has 2 aliphatic heterocycles. The Kier molecular flexibility index (Phi) is 7.64. The fourth-order valence-corrected chi connectivity index (χ4v) is 4.46. The SMILES string of the molecule is CCc1ccccc1CCC1CNC(C#CNC(=O)c2cc3n(n2)C=CCC(C)C3C)CO1. The van der Waals surface area contributed by atoms with E-state index in [0.29, 0.717) is 24.1 Å². The molecule has 1 aromatic heterocycles. The molecular formula is C27H34N4O2. The molecule has 2 aromatic rings. The molecule has 6 heteroatoms. The molecule has 33 heavy (non-hydrogen) atoms. The summed E-state index contributed by atoms with van der Waals surface area (Å²) in [5.41, 5.74) is 4.27. The number of fused-ring (bicyclic) bond motifs is 1. The summed E-state index contributed by atoms with van der Waals surface area (Å²) in [5, 5.41) is 10.5. The lowest BCUT2D eigenvalue weighted by Crippen LogP contribution is -2.46. The number of ether oxygens (including phenoxy) is 1. The van der Waals surface area contributed by atoms with Gasteiger partial charge in [-0.15, -0.1) is 0 Å². The second-order valence-corrected chi connectivity index (χ2v) is 9.09. The zero-order valence-electron chi connectivity index (χ0n) is 19.8. The normalized spacial score (nSPS) is 24.3. The minimum absolute atomic E-state index is 0.0907. The number of benzene rings is 1. The Morgan fingerprint density at radius 2 is 2.12 bits per heavy atom. The Hall–Kier alpha value is -2.88. The van der Waals surface area contributed by atoms with Crippen LogP contribution >= 0.6 is 0 Å². The molecule has 4 unspecified atom stereocenters. The van der Waals surface area contributed by atoms with Crippen LogP contribution in [-0.4, -0.2) is 41.0 Å². The van der Waals surface area contributed by atoms with Crippen LogP contribution < -0.4 is 10.6 Å². The summed E-state index contributed by atoms with van der Waals surface area (Å²) in [6, 6.07) is 13.2. The van der Waals surface area contributed by atoms with E-state index in [1.54, 1.807) is 0 Å².